The molecule has 1 aliphatic rings. The molecule has 6 heteroatoms. The molecule has 0 saturated heterocycles. The summed E-state index contributed by atoms with van der Waals surface area (Å²) in [6, 6.07) is 13.6. The van der Waals surface area contributed by atoms with Crippen LogP contribution < -0.4 is 15.2 Å². The maximum Gasteiger partial charge on any atom is 0.231 e. The van der Waals surface area contributed by atoms with Crippen LogP contribution in [0.5, 0.6) is 11.5 Å². The molecule has 1 aromatic heterocycles. The highest BCUT2D eigenvalue weighted by Crippen LogP contribution is 2.34. The fourth-order valence-corrected chi connectivity index (χ4v) is 2.41. The van der Waals surface area contributed by atoms with E-state index in [1.807, 2.05) is 49.4 Å². The molecule has 0 amide bonds. The van der Waals surface area contributed by atoms with E-state index in [1.165, 1.54) is 5.56 Å². The number of aryl methyl sites for hydroxylation is 1. The van der Waals surface area contributed by atoms with Gasteiger partial charge in [0.15, 0.2) is 17.3 Å². The van der Waals surface area contributed by atoms with E-state index >= 15 is 0 Å². The normalized spacial score (nSPS) is 12.6. The third-order valence-corrected chi connectivity index (χ3v) is 3.63. The second-order valence-corrected chi connectivity index (χ2v) is 5.14. The lowest BCUT2D eigenvalue weighted by molar-refractivity contribution is 0.174. The van der Waals surface area contributed by atoms with Gasteiger partial charge in [0.05, 0.1) is 5.69 Å². The molecule has 0 saturated carbocycles. The van der Waals surface area contributed by atoms with Crippen molar-refractivity contribution in [2.24, 2.45) is 0 Å². The molecular formula is C16H14N4O2. The Bertz CT molecular complexity index is 840. The minimum Gasteiger partial charge on any atom is -0.454 e. The maximum atomic E-state index is 6.22. The van der Waals surface area contributed by atoms with Crippen molar-refractivity contribution in [3.05, 3.63) is 48.0 Å². The third-order valence-electron chi connectivity index (χ3n) is 3.63. The Balaban J connectivity index is 1.76. The van der Waals surface area contributed by atoms with Crippen molar-refractivity contribution in [1.82, 2.24) is 15.0 Å². The van der Waals surface area contributed by atoms with E-state index in [-0.39, 0.29) is 6.79 Å². The first-order valence-corrected chi connectivity index (χ1v) is 6.90. The van der Waals surface area contributed by atoms with Crippen molar-refractivity contribution < 1.29 is 9.47 Å². The van der Waals surface area contributed by atoms with Crippen LogP contribution >= 0.6 is 0 Å². The van der Waals surface area contributed by atoms with Gasteiger partial charge in [0, 0.05) is 11.6 Å². The summed E-state index contributed by atoms with van der Waals surface area (Å²) in [6.07, 6.45) is 0. The molecule has 22 heavy (non-hydrogen) atoms. The summed E-state index contributed by atoms with van der Waals surface area (Å²) in [7, 11) is 0. The third kappa shape index (κ3) is 1.96. The van der Waals surface area contributed by atoms with Gasteiger partial charge in [-0.25, -0.2) is 0 Å². The lowest BCUT2D eigenvalue weighted by atomic mass is 10.1. The standard InChI is InChI=1S/C16H14N4O2/c1-10-2-4-11(5-3-10)15-16(17)20(19-18-15)12-6-7-13-14(8-12)22-9-21-13/h2-8H,9,17H2,1H3. The highest BCUT2D eigenvalue weighted by Gasteiger charge is 2.17. The maximum absolute atomic E-state index is 6.22. The Hall–Kier alpha value is -3.02. The quantitative estimate of drug-likeness (QED) is 0.786. The van der Waals surface area contributed by atoms with Crippen LogP contribution in [0.25, 0.3) is 16.9 Å². The topological polar surface area (TPSA) is 75.2 Å². The van der Waals surface area contributed by atoms with E-state index in [0.29, 0.717) is 17.3 Å². The summed E-state index contributed by atoms with van der Waals surface area (Å²) in [5.41, 5.74) is 9.79. The molecule has 0 fully saturated rings. The fourth-order valence-electron chi connectivity index (χ4n) is 2.41. The van der Waals surface area contributed by atoms with Gasteiger partial charge in [-0.1, -0.05) is 35.0 Å². The minimum atomic E-state index is 0.236. The Morgan fingerprint density at radius 1 is 1.05 bits per heavy atom. The highest BCUT2D eigenvalue weighted by molar-refractivity contribution is 5.71. The molecule has 0 spiro atoms. The number of anilines is 1. The van der Waals surface area contributed by atoms with E-state index in [9.17, 15) is 0 Å². The number of benzene rings is 2. The second-order valence-electron chi connectivity index (χ2n) is 5.14. The average Bonchev–Trinajstić information content (AvgIpc) is 3.14. The number of nitrogen functional groups attached to an aromatic ring is 1. The monoisotopic (exact) mass is 294 g/mol. The van der Waals surface area contributed by atoms with Crippen LogP contribution in [0.2, 0.25) is 0 Å². The highest BCUT2D eigenvalue weighted by atomic mass is 16.7. The number of aromatic nitrogens is 3. The Kier molecular flexibility index (Phi) is 2.75. The molecule has 4 rings (SSSR count). The van der Waals surface area contributed by atoms with Gasteiger partial charge in [0.1, 0.15) is 5.69 Å². The summed E-state index contributed by atoms with van der Waals surface area (Å²) in [4.78, 5) is 0. The van der Waals surface area contributed by atoms with Gasteiger partial charge in [-0.3, -0.25) is 0 Å². The summed E-state index contributed by atoms with van der Waals surface area (Å²) in [5, 5.41) is 8.36. The predicted octanol–water partition coefficient (Wildman–Crippen LogP) is 2.55. The van der Waals surface area contributed by atoms with Crippen LogP contribution in [-0.4, -0.2) is 21.8 Å². The van der Waals surface area contributed by atoms with E-state index in [4.69, 9.17) is 15.2 Å². The molecule has 0 radical (unpaired) electrons. The molecule has 2 aromatic carbocycles. The van der Waals surface area contributed by atoms with Crippen molar-refractivity contribution in [2.75, 3.05) is 12.5 Å². The zero-order valence-corrected chi connectivity index (χ0v) is 12.0. The number of rotatable bonds is 2. The average molecular weight is 294 g/mol. The van der Waals surface area contributed by atoms with Crippen LogP contribution in [-0.2, 0) is 0 Å². The van der Waals surface area contributed by atoms with Gasteiger partial charge in [-0.15, -0.1) is 5.10 Å². The molecule has 110 valence electrons. The fraction of sp³-hybridized carbons (Fsp3) is 0.125. The lowest BCUT2D eigenvalue weighted by Crippen LogP contribution is -2.02. The lowest BCUT2D eigenvalue weighted by Gasteiger charge is -2.05. The number of nitrogens with two attached hydrogens (primary N) is 1. The molecule has 3 aromatic rings. The van der Waals surface area contributed by atoms with E-state index in [0.717, 1.165) is 17.0 Å². The van der Waals surface area contributed by atoms with Crippen molar-refractivity contribution in [1.29, 1.82) is 0 Å². The van der Waals surface area contributed by atoms with Crippen LogP contribution in [0, 0.1) is 6.92 Å². The van der Waals surface area contributed by atoms with Crippen LogP contribution in [0.1, 0.15) is 5.56 Å². The van der Waals surface area contributed by atoms with Gasteiger partial charge in [-0.05, 0) is 19.1 Å². The van der Waals surface area contributed by atoms with Crippen LogP contribution in [0.15, 0.2) is 42.5 Å². The number of hydrogen-bond donors (Lipinski definition) is 1. The molecule has 2 N–H and O–H groups in total. The minimum absolute atomic E-state index is 0.236. The van der Waals surface area contributed by atoms with Crippen molar-refractivity contribution in [3.63, 3.8) is 0 Å². The van der Waals surface area contributed by atoms with Gasteiger partial charge < -0.3 is 15.2 Å². The van der Waals surface area contributed by atoms with E-state index in [1.54, 1.807) is 4.68 Å². The molecular weight excluding hydrogens is 280 g/mol. The SMILES string of the molecule is Cc1ccc(-c2nnn(-c3ccc4c(c3)OCO4)c2N)cc1. The molecule has 6 nitrogen and oxygen atoms in total. The number of ether oxygens (including phenoxy) is 2. The first kappa shape index (κ1) is 12.7. The first-order chi connectivity index (χ1) is 10.7. The molecule has 0 aliphatic carbocycles. The zero-order valence-electron chi connectivity index (χ0n) is 12.0. The van der Waals surface area contributed by atoms with Crippen molar-refractivity contribution >= 4 is 5.82 Å². The summed E-state index contributed by atoms with van der Waals surface area (Å²) < 4.78 is 12.3. The largest absolute Gasteiger partial charge is 0.454 e. The number of fused-ring (bicyclic) bond motifs is 1. The van der Waals surface area contributed by atoms with E-state index < -0.39 is 0 Å². The second kappa shape index (κ2) is 4.77. The zero-order chi connectivity index (χ0) is 15.1. The molecule has 0 atom stereocenters. The summed E-state index contributed by atoms with van der Waals surface area (Å²) in [6.45, 7) is 2.27. The molecule has 0 bridgehead atoms. The van der Waals surface area contributed by atoms with Gasteiger partial charge >= 0.3 is 0 Å². The Morgan fingerprint density at radius 2 is 1.82 bits per heavy atom. The summed E-state index contributed by atoms with van der Waals surface area (Å²) >= 11 is 0. The van der Waals surface area contributed by atoms with Gasteiger partial charge in [0.2, 0.25) is 6.79 Å². The van der Waals surface area contributed by atoms with Gasteiger partial charge in [0.25, 0.3) is 0 Å². The Morgan fingerprint density at radius 3 is 2.64 bits per heavy atom. The predicted molar refractivity (Wildman–Crippen MR) is 82.1 cm³/mol. The Labute approximate surface area is 127 Å². The molecule has 0 unspecified atom stereocenters. The van der Waals surface area contributed by atoms with Crippen LogP contribution in [0.3, 0.4) is 0 Å². The first-order valence-electron chi connectivity index (χ1n) is 6.90. The van der Waals surface area contributed by atoms with E-state index in [2.05, 4.69) is 10.3 Å². The van der Waals surface area contributed by atoms with Crippen molar-refractivity contribution in [2.45, 2.75) is 6.92 Å². The van der Waals surface area contributed by atoms with Gasteiger partial charge in [-0.2, -0.15) is 4.68 Å². The smallest absolute Gasteiger partial charge is 0.231 e. The number of nitrogens with zero attached hydrogens (tertiary/aromatic N) is 3. The number of hydrogen-bond acceptors (Lipinski definition) is 5. The van der Waals surface area contributed by atoms with Crippen molar-refractivity contribution in [3.8, 4) is 28.4 Å². The van der Waals surface area contributed by atoms with Crippen LogP contribution in [0.4, 0.5) is 5.82 Å². The molecule has 2 heterocycles. The molecule has 1 aliphatic heterocycles. The summed E-state index contributed by atoms with van der Waals surface area (Å²) in [5.74, 6) is 1.90.